The molecule has 2 unspecified atom stereocenters. The minimum absolute atomic E-state index is 0.0637. The number of fused-ring (bicyclic) bond motifs is 1. The van der Waals surface area contributed by atoms with Crippen LogP contribution in [0.5, 0.6) is 5.75 Å². The number of aromatic nitrogens is 1. The summed E-state index contributed by atoms with van der Waals surface area (Å²) in [6.45, 7) is 0. The smallest absolute Gasteiger partial charge is 0.133 e. The van der Waals surface area contributed by atoms with Crippen LogP contribution in [-0.2, 0) is 6.42 Å². The number of rotatable bonds is 4. The molecule has 0 saturated heterocycles. The van der Waals surface area contributed by atoms with Crippen LogP contribution in [0.2, 0.25) is 0 Å². The van der Waals surface area contributed by atoms with Crippen molar-refractivity contribution in [3.05, 3.63) is 40.8 Å². The van der Waals surface area contributed by atoms with Gasteiger partial charge in [-0.05, 0) is 12.1 Å². The van der Waals surface area contributed by atoms with Crippen LogP contribution in [0, 0.1) is 0 Å². The number of thiazole rings is 1. The number of nitrogens with zero attached hydrogens (tertiary/aromatic N) is 1. The van der Waals surface area contributed by atoms with Crippen molar-refractivity contribution in [3.8, 4) is 5.75 Å². The lowest BCUT2D eigenvalue weighted by molar-refractivity contribution is 0.165. The van der Waals surface area contributed by atoms with Gasteiger partial charge in [-0.1, -0.05) is 12.1 Å². The van der Waals surface area contributed by atoms with Gasteiger partial charge in [-0.3, -0.25) is 11.3 Å². The molecule has 1 aliphatic rings. The Hall–Kier alpha value is -1.08. The van der Waals surface area contributed by atoms with Gasteiger partial charge < -0.3 is 4.74 Å². The maximum Gasteiger partial charge on any atom is 0.133 e. The largest absolute Gasteiger partial charge is 0.487 e. The number of nitrogens with one attached hydrogen (secondary N) is 1. The van der Waals surface area contributed by atoms with Gasteiger partial charge in [0, 0.05) is 28.6 Å². The summed E-state index contributed by atoms with van der Waals surface area (Å²) in [7, 11) is 0. The van der Waals surface area contributed by atoms with Gasteiger partial charge in [0.2, 0.25) is 0 Å². The van der Waals surface area contributed by atoms with E-state index in [0.29, 0.717) is 0 Å². The lowest BCUT2D eigenvalue weighted by Crippen LogP contribution is -2.50. The molecule has 0 bridgehead atoms. The summed E-state index contributed by atoms with van der Waals surface area (Å²) in [6.07, 6.45) is 2.68. The number of hydrazine groups is 1. The Bertz CT molecular complexity index is 532. The number of hydrogen-bond acceptors (Lipinski definition) is 6. The Morgan fingerprint density at radius 1 is 1.47 bits per heavy atom. The summed E-state index contributed by atoms with van der Waals surface area (Å²) in [4.78, 5) is 5.50. The van der Waals surface area contributed by atoms with Crippen molar-refractivity contribution in [2.45, 2.75) is 23.5 Å². The predicted octanol–water partition coefficient (Wildman–Crippen LogP) is 2.07. The van der Waals surface area contributed by atoms with Crippen molar-refractivity contribution in [3.63, 3.8) is 0 Å². The summed E-state index contributed by atoms with van der Waals surface area (Å²) in [5, 5.41) is 3.06. The second kappa shape index (κ2) is 5.92. The van der Waals surface area contributed by atoms with E-state index in [1.54, 1.807) is 11.3 Å². The lowest BCUT2D eigenvalue weighted by atomic mass is 10.1. The second-order valence-corrected chi connectivity index (χ2v) is 6.36. The van der Waals surface area contributed by atoms with Gasteiger partial charge in [-0.2, -0.15) is 0 Å². The molecule has 2 atom stereocenters. The van der Waals surface area contributed by atoms with E-state index in [9.17, 15) is 0 Å². The molecule has 3 rings (SSSR count). The molecule has 1 aliphatic heterocycles. The molecule has 0 saturated carbocycles. The summed E-state index contributed by atoms with van der Waals surface area (Å²) in [5.41, 5.74) is 2.87. The lowest BCUT2D eigenvalue weighted by Gasteiger charge is -2.31. The van der Waals surface area contributed by atoms with E-state index in [1.165, 1.54) is 4.90 Å². The first-order chi connectivity index (χ1) is 9.36. The van der Waals surface area contributed by atoms with Crippen LogP contribution in [0.25, 0.3) is 0 Å². The molecule has 2 aromatic rings. The van der Waals surface area contributed by atoms with Crippen molar-refractivity contribution in [2.24, 2.45) is 5.84 Å². The Morgan fingerprint density at radius 3 is 3.16 bits per heavy atom. The van der Waals surface area contributed by atoms with Crippen molar-refractivity contribution in [2.75, 3.05) is 5.75 Å². The van der Waals surface area contributed by atoms with Crippen LogP contribution in [0.3, 0.4) is 0 Å². The molecular formula is C13H15N3OS2. The van der Waals surface area contributed by atoms with E-state index in [2.05, 4.69) is 16.5 Å². The summed E-state index contributed by atoms with van der Waals surface area (Å²) < 4.78 is 6.05. The minimum atomic E-state index is 0.0637. The zero-order valence-electron chi connectivity index (χ0n) is 10.3. The van der Waals surface area contributed by atoms with E-state index < -0.39 is 0 Å². The van der Waals surface area contributed by atoms with Gasteiger partial charge in [-0.25, -0.2) is 4.98 Å². The first kappa shape index (κ1) is 12.9. The van der Waals surface area contributed by atoms with Gasteiger partial charge in [-0.15, -0.1) is 23.1 Å². The number of nitrogens with two attached hydrogens (primary N) is 1. The maximum absolute atomic E-state index is 6.05. The average Bonchev–Trinajstić information content (AvgIpc) is 2.97. The van der Waals surface area contributed by atoms with Crippen molar-refractivity contribution in [1.29, 1.82) is 0 Å². The Labute approximate surface area is 120 Å². The number of thioether (sulfide) groups is 1. The van der Waals surface area contributed by atoms with Crippen LogP contribution in [0.1, 0.15) is 5.01 Å². The zero-order valence-corrected chi connectivity index (χ0v) is 11.9. The third-order valence-electron chi connectivity index (χ3n) is 3.07. The van der Waals surface area contributed by atoms with Crippen LogP contribution >= 0.6 is 23.1 Å². The van der Waals surface area contributed by atoms with Gasteiger partial charge in [0.1, 0.15) is 11.9 Å². The molecule has 100 valence electrons. The zero-order chi connectivity index (χ0) is 13.1. The molecule has 1 aromatic carbocycles. The predicted molar refractivity (Wildman–Crippen MR) is 78.5 cm³/mol. The van der Waals surface area contributed by atoms with E-state index in [-0.39, 0.29) is 12.1 Å². The molecule has 1 aromatic heterocycles. The van der Waals surface area contributed by atoms with Crippen molar-refractivity contribution < 1.29 is 4.74 Å². The molecule has 0 aliphatic carbocycles. The quantitative estimate of drug-likeness (QED) is 0.667. The highest BCUT2D eigenvalue weighted by atomic mass is 32.2. The molecular weight excluding hydrogens is 278 g/mol. The van der Waals surface area contributed by atoms with Crippen molar-refractivity contribution >= 4 is 23.1 Å². The molecule has 0 radical (unpaired) electrons. The van der Waals surface area contributed by atoms with Gasteiger partial charge in [0.15, 0.2) is 0 Å². The highest BCUT2D eigenvalue weighted by Crippen LogP contribution is 2.35. The van der Waals surface area contributed by atoms with Crippen LogP contribution in [0.4, 0.5) is 0 Å². The normalized spacial score (nSPS) is 19.5. The van der Waals surface area contributed by atoms with Gasteiger partial charge in [0.05, 0.1) is 11.0 Å². The number of hydrogen-bond donors (Lipinski definition) is 2. The summed E-state index contributed by atoms with van der Waals surface area (Å²) in [6, 6.07) is 8.19. The average molecular weight is 293 g/mol. The molecule has 19 heavy (non-hydrogen) atoms. The molecule has 0 spiro atoms. The fourth-order valence-corrected chi connectivity index (χ4v) is 3.83. The summed E-state index contributed by atoms with van der Waals surface area (Å²) >= 11 is 3.46. The van der Waals surface area contributed by atoms with Crippen molar-refractivity contribution in [1.82, 2.24) is 10.4 Å². The van der Waals surface area contributed by atoms with E-state index in [1.807, 2.05) is 41.5 Å². The first-order valence-corrected chi connectivity index (χ1v) is 7.96. The second-order valence-electron chi connectivity index (χ2n) is 4.32. The maximum atomic E-state index is 6.05. The highest BCUT2D eigenvalue weighted by Gasteiger charge is 2.28. The standard InChI is InChI=1S/C13H15N3OS2/c14-16-9(7-13-15-5-6-18-13)11-8-19-12-4-2-1-3-10(12)17-11/h1-6,9,11,16H,7-8,14H2. The minimum Gasteiger partial charge on any atom is -0.487 e. The number of benzene rings is 1. The summed E-state index contributed by atoms with van der Waals surface area (Å²) in [5.74, 6) is 7.53. The Balaban J connectivity index is 1.72. The van der Waals surface area contributed by atoms with E-state index in [4.69, 9.17) is 10.6 Å². The topological polar surface area (TPSA) is 60.2 Å². The van der Waals surface area contributed by atoms with Crippen LogP contribution in [-0.4, -0.2) is 22.9 Å². The molecule has 6 heteroatoms. The molecule has 0 fully saturated rings. The molecule has 4 nitrogen and oxygen atoms in total. The third kappa shape index (κ3) is 2.92. The number of ether oxygens (including phenoxy) is 1. The van der Waals surface area contributed by atoms with Gasteiger partial charge in [0.25, 0.3) is 0 Å². The van der Waals surface area contributed by atoms with Gasteiger partial charge >= 0.3 is 0 Å². The Kier molecular flexibility index (Phi) is 4.03. The van der Waals surface area contributed by atoms with E-state index >= 15 is 0 Å². The van der Waals surface area contributed by atoms with E-state index in [0.717, 1.165) is 22.9 Å². The molecule has 2 heterocycles. The molecule has 3 N–H and O–H groups in total. The van der Waals surface area contributed by atoms with Crippen LogP contribution in [0.15, 0.2) is 40.7 Å². The third-order valence-corrected chi connectivity index (χ3v) is 5.02. The molecule has 0 amide bonds. The van der Waals surface area contributed by atoms with Crippen LogP contribution < -0.4 is 16.0 Å². The highest BCUT2D eigenvalue weighted by molar-refractivity contribution is 7.99. The first-order valence-electron chi connectivity index (χ1n) is 6.10. The monoisotopic (exact) mass is 293 g/mol. The fraction of sp³-hybridized carbons (Fsp3) is 0.308. The fourth-order valence-electron chi connectivity index (χ4n) is 2.07. The SMILES string of the molecule is NNC(Cc1nccs1)C1CSc2ccccc2O1. The number of para-hydroxylation sites is 1. The Morgan fingerprint density at radius 2 is 2.37 bits per heavy atom.